The molecule has 1 aromatic carbocycles. The van der Waals surface area contributed by atoms with E-state index in [2.05, 4.69) is 27.3 Å². The highest BCUT2D eigenvalue weighted by Gasteiger charge is 2.19. The summed E-state index contributed by atoms with van der Waals surface area (Å²) in [6, 6.07) is 4.13. The van der Waals surface area contributed by atoms with Gasteiger partial charge in [0.2, 0.25) is 0 Å². The van der Waals surface area contributed by atoms with Crippen LogP contribution in [0.1, 0.15) is 36.8 Å². The van der Waals surface area contributed by atoms with E-state index in [9.17, 15) is 9.59 Å². The maximum absolute atomic E-state index is 12.2. The number of aromatic nitrogens is 1. The van der Waals surface area contributed by atoms with Gasteiger partial charge in [-0.1, -0.05) is 6.07 Å². The third-order valence-electron chi connectivity index (χ3n) is 3.12. The Morgan fingerprint density at radius 1 is 1.46 bits per heavy atom. The number of thiol groups is 1. The van der Waals surface area contributed by atoms with E-state index in [0.29, 0.717) is 5.56 Å². The minimum atomic E-state index is -1.11. The molecule has 0 aliphatic heterocycles. The van der Waals surface area contributed by atoms with E-state index in [-0.39, 0.29) is 11.3 Å². The number of carboxylic acid groups (broad SMARTS) is 1. The van der Waals surface area contributed by atoms with Gasteiger partial charge in [0.15, 0.2) is 0 Å². The number of aliphatic carboxylic acids is 1. The first-order valence-corrected chi connectivity index (χ1v) is 8.71. The highest BCUT2D eigenvalue weighted by molar-refractivity contribution is 7.80. The monoisotopic (exact) mass is 365 g/mol. The maximum Gasteiger partial charge on any atom is 0.327 e. The van der Waals surface area contributed by atoms with Crippen molar-refractivity contribution in [2.45, 2.75) is 32.4 Å². The Morgan fingerprint density at radius 2 is 2.17 bits per heavy atom. The van der Waals surface area contributed by atoms with E-state index in [0.717, 1.165) is 15.8 Å². The lowest BCUT2D eigenvalue weighted by atomic mass is 10.1. The third-order valence-corrected chi connectivity index (χ3v) is 4.31. The number of carbonyl (C=O) groups excluding carboxylic acids is 1. The molecule has 1 atom stereocenters. The second-order valence-corrected chi connectivity index (χ2v) is 7.42. The Hall–Kier alpha value is -1.93. The van der Waals surface area contributed by atoms with Gasteiger partial charge in [-0.05, 0) is 44.4 Å². The number of fused-ring (bicyclic) bond motifs is 1. The number of nitrogens with one attached hydrogen (secondary N) is 1. The number of hydrogen-bond acceptors (Lipinski definition) is 6. The van der Waals surface area contributed by atoms with E-state index in [1.807, 2.05) is 20.8 Å². The van der Waals surface area contributed by atoms with Gasteiger partial charge in [0.05, 0.1) is 10.2 Å². The van der Waals surface area contributed by atoms with Crippen LogP contribution >= 0.6 is 24.2 Å². The number of hydrogen-bond donors (Lipinski definition) is 3. The Bertz CT molecular complexity index is 793. The molecule has 2 N–H and O–H groups in total. The van der Waals surface area contributed by atoms with Gasteiger partial charge in [0.25, 0.3) is 5.91 Å². The van der Waals surface area contributed by atoms with Crippen LogP contribution in [0, 0.1) is 0 Å². The molecule has 24 heavy (non-hydrogen) atoms. The lowest BCUT2D eigenvalue weighted by Gasteiger charge is -2.11. The fourth-order valence-corrected chi connectivity index (χ4v) is 2.91. The second kappa shape index (κ2) is 7.31. The van der Waals surface area contributed by atoms with Gasteiger partial charge >= 0.3 is 5.97 Å². The summed E-state index contributed by atoms with van der Waals surface area (Å²) >= 11 is 5.21. The van der Waals surface area contributed by atoms with Crippen LogP contribution in [0.3, 0.4) is 0 Å². The van der Waals surface area contributed by atoms with Crippen molar-refractivity contribution in [1.82, 2.24) is 9.69 Å². The molecule has 1 aromatic heterocycles. The Kier molecular flexibility index (Phi) is 5.61. The van der Waals surface area contributed by atoms with Crippen molar-refractivity contribution in [3.8, 4) is 0 Å². The van der Waals surface area contributed by atoms with Gasteiger partial charge < -0.3 is 10.4 Å². The van der Waals surface area contributed by atoms with Crippen molar-refractivity contribution in [1.29, 1.82) is 0 Å². The molecule has 0 bridgehead atoms. The minimum absolute atomic E-state index is 0.0251. The topological polar surface area (TPSA) is 91.7 Å². The first-order valence-electron chi connectivity index (χ1n) is 7.30. The molecule has 0 spiro atoms. The van der Waals surface area contributed by atoms with Gasteiger partial charge in [-0.2, -0.15) is 17.0 Å². The summed E-state index contributed by atoms with van der Waals surface area (Å²) in [6.07, 6.45) is 1.74. The molecule has 128 valence electrons. The summed E-state index contributed by atoms with van der Waals surface area (Å²) in [6.45, 7) is 6.00. The van der Waals surface area contributed by atoms with Crippen LogP contribution in [-0.2, 0) is 4.79 Å². The number of amides is 1. The second-order valence-electron chi connectivity index (χ2n) is 6.25. The number of nitrogens with zero attached hydrogens (tertiary/aromatic N) is 2. The predicted molar refractivity (Wildman–Crippen MR) is 99.7 cm³/mol. The van der Waals surface area contributed by atoms with Gasteiger partial charge in [0.1, 0.15) is 11.7 Å². The highest BCUT2D eigenvalue weighted by atomic mass is 32.1. The molecular formula is C16H19N3O3S2. The van der Waals surface area contributed by atoms with Crippen LogP contribution in [0.4, 0.5) is 0 Å². The van der Waals surface area contributed by atoms with Crippen molar-refractivity contribution in [2.24, 2.45) is 4.99 Å². The maximum atomic E-state index is 12.2. The smallest absolute Gasteiger partial charge is 0.327 e. The van der Waals surface area contributed by atoms with Crippen molar-refractivity contribution in [2.75, 3.05) is 5.75 Å². The Labute approximate surface area is 149 Å². The van der Waals surface area contributed by atoms with Gasteiger partial charge in [-0.25, -0.2) is 4.79 Å². The molecule has 0 aliphatic carbocycles. The van der Waals surface area contributed by atoms with Crippen molar-refractivity contribution >= 4 is 52.3 Å². The van der Waals surface area contributed by atoms with Crippen LogP contribution in [-0.4, -0.2) is 44.9 Å². The van der Waals surface area contributed by atoms with Gasteiger partial charge in [-0.3, -0.25) is 9.79 Å². The fraction of sp³-hybridized carbons (Fsp3) is 0.375. The molecule has 8 heteroatoms. The fourth-order valence-electron chi connectivity index (χ4n) is 1.87. The molecule has 2 rings (SSSR count). The van der Waals surface area contributed by atoms with E-state index in [1.54, 1.807) is 24.4 Å². The van der Waals surface area contributed by atoms with Gasteiger partial charge in [-0.15, -0.1) is 0 Å². The standard InChI is InChI=1S/C16H19N3O3S2/c1-16(2,3)17-7-11-10-5-4-9(6-13(10)24-19-11)14(20)18-12(8-23)15(21)22/h4-7,12,23H,8H2,1-3H3,(H,18,20)(H,21,22). The van der Waals surface area contributed by atoms with E-state index >= 15 is 0 Å². The number of rotatable bonds is 5. The Morgan fingerprint density at radius 3 is 2.75 bits per heavy atom. The molecule has 1 heterocycles. The van der Waals surface area contributed by atoms with E-state index in [1.165, 1.54) is 11.5 Å². The zero-order chi connectivity index (χ0) is 17.9. The van der Waals surface area contributed by atoms with Crippen molar-refractivity contribution < 1.29 is 14.7 Å². The lowest BCUT2D eigenvalue weighted by molar-refractivity contribution is -0.138. The lowest BCUT2D eigenvalue weighted by Crippen LogP contribution is -2.42. The largest absolute Gasteiger partial charge is 0.480 e. The molecule has 2 aromatic rings. The van der Waals surface area contributed by atoms with E-state index < -0.39 is 17.9 Å². The van der Waals surface area contributed by atoms with Crippen LogP contribution in [0.25, 0.3) is 10.1 Å². The summed E-state index contributed by atoms with van der Waals surface area (Å²) in [5.74, 6) is -1.54. The summed E-state index contributed by atoms with van der Waals surface area (Å²) in [5.41, 5.74) is 0.961. The molecule has 1 amide bonds. The molecule has 1 unspecified atom stereocenters. The first kappa shape index (κ1) is 18.4. The zero-order valence-electron chi connectivity index (χ0n) is 13.6. The number of carbonyl (C=O) groups is 2. The SMILES string of the molecule is CC(C)(C)N=Cc1nsc2cc(C(=O)NC(CS)C(=O)O)ccc12. The molecule has 0 saturated carbocycles. The van der Waals surface area contributed by atoms with Crippen LogP contribution in [0.5, 0.6) is 0 Å². The molecule has 6 nitrogen and oxygen atoms in total. The van der Waals surface area contributed by atoms with Crippen molar-refractivity contribution in [3.63, 3.8) is 0 Å². The molecule has 0 radical (unpaired) electrons. The summed E-state index contributed by atoms with van der Waals surface area (Å²) < 4.78 is 5.20. The summed E-state index contributed by atoms with van der Waals surface area (Å²) in [4.78, 5) is 27.6. The number of aliphatic imine (C=N–C) groups is 1. The average Bonchev–Trinajstić information content (AvgIpc) is 2.91. The van der Waals surface area contributed by atoms with Crippen LogP contribution in [0.2, 0.25) is 0 Å². The minimum Gasteiger partial charge on any atom is -0.480 e. The first-order chi connectivity index (χ1) is 11.2. The molecule has 0 saturated heterocycles. The van der Waals surface area contributed by atoms with Crippen molar-refractivity contribution in [3.05, 3.63) is 29.5 Å². The predicted octanol–water partition coefficient (Wildman–Crippen LogP) is 2.63. The number of carboxylic acids is 1. The Balaban J connectivity index is 2.25. The van der Waals surface area contributed by atoms with Crippen LogP contribution < -0.4 is 5.32 Å². The molecule has 0 fully saturated rings. The molecule has 0 aliphatic rings. The zero-order valence-corrected chi connectivity index (χ0v) is 15.3. The highest BCUT2D eigenvalue weighted by Crippen LogP contribution is 2.23. The number of benzene rings is 1. The average molecular weight is 365 g/mol. The quantitative estimate of drug-likeness (QED) is 0.561. The summed E-state index contributed by atoms with van der Waals surface area (Å²) in [7, 11) is 0. The van der Waals surface area contributed by atoms with Crippen LogP contribution in [0.15, 0.2) is 23.2 Å². The van der Waals surface area contributed by atoms with E-state index in [4.69, 9.17) is 5.11 Å². The third kappa shape index (κ3) is 4.55. The summed E-state index contributed by atoms with van der Waals surface area (Å²) in [5, 5.41) is 12.3. The van der Waals surface area contributed by atoms with Gasteiger partial charge in [0, 0.05) is 22.9 Å². The normalized spacial score (nSPS) is 13.3. The molecular weight excluding hydrogens is 346 g/mol.